The maximum Gasteiger partial charge on any atom is -0.0316 e. The van der Waals surface area contributed by atoms with Gasteiger partial charge in [-0.15, -0.1) is 0 Å². The van der Waals surface area contributed by atoms with Crippen LogP contribution in [0.2, 0.25) is 0 Å². The van der Waals surface area contributed by atoms with Crippen LogP contribution in [0.1, 0.15) is 65.2 Å². The summed E-state index contributed by atoms with van der Waals surface area (Å²) >= 11 is 0. The molecule has 0 fully saturated rings. The van der Waals surface area contributed by atoms with E-state index >= 15 is 0 Å². The Labute approximate surface area is 126 Å². The molecule has 0 saturated heterocycles. The highest BCUT2D eigenvalue weighted by Gasteiger charge is 1.80. The van der Waals surface area contributed by atoms with Gasteiger partial charge in [-0.3, -0.25) is 0 Å². The molecule has 0 rings (SSSR count). The first kappa shape index (κ1) is 18.7. The normalized spacial score (nSPS) is 13.1. The molecule has 0 aliphatic rings. The number of hydrogen-bond donors (Lipinski definition) is 0. The largest absolute Gasteiger partial charge is 0.0917 e. The van der Waals surface area contributed by atoms with E-state index in [0.717, 1.165) is 0 Å². The molecule has 0 heteroatoms. The third-order valence-electron chi connectivity index (χ3n) is 2.97. The fourth-order valence-corrected chi connectivity index (χ4v) is 1.75. The van der Waals surface area contributed by atoms with E-state index in [1.807, 2.05) is 0 Å². The van der Waals surface area contributed by atoms with Crippen molar-refractivity contribution in [2.24, 2.45) is 0 Å². The highest BCUT2D eigenvalue weighted by molar-refractivity contribution is 5.10. The zero-order valence-corrected chi connectivity index (χ0v) is 13.4. The average molecular weight is 272 g/mol. The lowest BCUT2D eigenvalue weighted by Crippen LogP contribution is -1.70. The molecule has 0 radical (unpaired) electrons. The van der Waals surface area contributed by atoms with E-state index in [9.17, 15) is 0 Å². The maximum atomic E-state index is 2.31. The van der Waals surface area contributed by atoms with Crippen LogP contribution in [-0.2, 0) is 0 Å². The first-order valence-corrected chi connectivity index (χ1v) is 8.16. The summed E-state index contributed by atoms with van der Waals surface area (Å²) in [6.07, 6.45) is 31.7. The molecule has 0 bridgehead atoms. The zero-order valence-electron chi connectivity index (χ0n) is 13.4. The molecular weight excluding hydrogens is 240 g/mol. The van der Waals surface area contributed by atoms with Crippen molar-refractivity contribution in [3.63, 3.8) is 0 Å². The van der Waals surface area contributed by atoms with Crippen molar-refractivity contribution in [1.82, 2.24) is 0 Å². The molecule has 112 valence electrons. The van der Waals surface area contributed by atoms with Crippen molar-refractivity contribution in [1.29, 1.82) is 0 Å². The monoisotopic (exact) mass is 272 g/mol. The second kappa shape index (κ2) is 17.7. The lowest BCUT2D eigenvalue weighted by Gasteiger charge is -1.90. The topological polar surface area (TPSA) is 0 Å². The van der Waals surface area contributed by atoms with Crippen LogP contribution in [0.25, 0.3) is 0 Å². The number of rotatable bonds is 12. The van der Waals surface area contributed by atoms with Crippen molar-refractivity contribution < 1.29 is 0 Å². The summed E-state index contributed by atoms with van der Waals surface area (Å²) in [5.41, 5.74) is 0. The Morgan fingerprint density at radius 1 is 0.550 bits per heavy atom. The SMILES string of the molecule is C/C=C/CC/C=C/CCC/C=C/C=C/C=C/CCCC. The van der Waals surface area contributed by atoms with Gasteiger partial charge in [0.25, 0.3) is 0 Å². The van der Waals surface area contributed by atoms with Gasteiger partial charge < -0.3 is 0 Å². The summed E-state index contributed by atoms with van der Waals surface area (Å²) in [5, 5.41) is 0. The van der Waals surface area contributed by atoms with Crippen LogP contribution in [0.5, 0.6) is 0 Å². The molecule has 0 spiro atoms. The van der Waals surface area contributed by atoms with Crippen molar-refractivity contribution in [3.05, 3.63) is 60.8 Å². The van der Waals surface area contributed by atoms with Gasteiger partial charge in [0.05, 0.1) is 0 Å². The van der Waals surface area contributed by atoms with Gasteiger partial charge in [-0.05, 0) is 45.4 Å². The first-order chi connectivity index (χ1) is 9.91. The first-order valence-electron chi connectivity index (χ1n) is 8.16. The van der Waals surface area contributed by atoms with Gasteiger partial charge in [-0.1, -0.05) is 80.5 Å². The third-order valence-corrected chi connectivity index (χ3v) is 2.97. The second-order valence-electron chi connectivity index (χ2n) is 4.93. The van der Waals surface area contributed by atoms with E-state index in [0.29, 0.717) is 0 Å². The van der Waals surface area contributed by atoms with Crippen molar-refractivity contribution >= 4 is 0 Å². The quantitative estimate of drug-likeness (QED) is 0.205. The van der Waals surface area contributed by atoms with Gasteiger partial charge in [0.1, 0.15) is 0 Å². The van der Waals surface area contributed by atoms with E-state index in [1.165, 1.54) is 51.4 Å². The van der Waals surface area contributed by atoms with Crippen molar-refractivity contribution in [2.45, 2.75) is 65.2 Å². The third kappa shape index (κ3) is 16.7. The number of unbranched alkanes of at least 4 members (excludes halogenated alkanes) is 5. The van der Waals surface area contributed by atoms with Gasteiger partial charge in [0.15, 0.2) is 0 Å². The Kier molecular flexibility index (Phi) is 16.5. The minimum atomic E-state index is 1.17. The van der Waals surface area contributed by atoms with E-state index in [4.69, 9.17) is 0 Å². The molecule has 0 unspecified atom stereocenters. The number of hydrogen-bond acceptors (Lipinski definition) is 0. The molecule has 0 aromatic heterocycles. The Balaban J connectivity index is 3.39. The Morgan fingerprint density at radius 2 is 1.10 bits per heavy atom. The fourth-order valence-electron chi connectivity index (χ4n) is 1.75. The number of allylic oxidation sites excluding steroid dienone is 10. The van der Waals surface area contributed by atoms with E-state index in [-0.39, 0.29) is 0 Å². The molecule has 0 N–H and O–H groups in total. The summed E-state index contributed by atoms with van der Waals surface area (Å²) < 4.78 is 0. The van der Waals surface area contributed by atoms with Crippen LogP contribution < -0.4 is 0 Å². The van der Waals surface area contributed by atoms with Gasteiger partial charge in [-0.25, -0.2) is 0 Å². The molecule has 0 aromatic rings. The predicted molar refractivity (Wildman–Crippen MR) is 94.0 cm³/mol. The average Bonchev–Trinajstić information content (AvgIpc) is 2.47. The highest BCUT2D eigenvalue weighted by Crippen LogP contribution is 2.01. The summed E-state index contributed by atoms with van der Waals surface area (Å²) in [6, 6.07) is 0. The minimum Gasteiger partial charge on any atom is -0.0917 e. The van der Waals surface area contributed by atoms with Crippen LogP contribution >= 0.6 is 0 Å². The molecule has 0 atom stereocenters. The molecule has 0 heterocycles. The highest BCUT2D eigenvalue weighted by atomic mass is 13.9. The summed E-state index contributed by atoms with van der Waals surface area (Å²) in [7, 11) is 0. The summed E-state index contributed by atoms with van der Waals surface area (Å²) in [4.78, 5) is 0. The van der Waals surface area contributed by atoms with Crippen LogP contribution in [0.4, 0.5) is 0 Å². The molecule has 0 aliphatic heterocycles. The molecule has 0 saturated carbocycles. The van der Waals surface area contributed by atoms with E-state index in [1.54, 1.807) is 0 Å². The van der Waals surface area contributed by atoms with Crippen LogP contribution in [-0.4, -0.2) is 0 Å². The summed E-state index contributed by atoms with van der Waals surface area (Å²) in [5.74, 6) is 0. The minimum absolute atomic E-state index is 1.17. The second-order valence-corrected chi connectivity index (χ2v) is 4.93. The molecule has 0 aliphatic carbocycles. The van der Waals surface area contributed by atoms with Gasteiger partial charge in [0.2, 0.25) is 0 Å². The van der Waals surface area contributed by atoms with Crippen LogP contribution in [0.3, 0.4) is 0 Å². The lowest BCUT2D eigenvalue weighted by atomic mass is 10.2. The molecular formula is C20H32. The van der Waals surface area contributed by atoms with Gasteiger partial charge in [-0.2, -0.15) is 0 Å². The Bertz CT molecular complexity index is 313. The van der Waals surface area contributed by atoms with Gasteiger partial charge >= 0.3 is 0 Å². The van der Waals surface area contributed by atoms with Crippen LogP contribution in [0, 0.1) is 0 Å². The molecule has 20 heavy (non-hydrogen) atoms. The molecule has 0 amide bonds. The van der Waals surface area contributed by atoms with Crippen molar-refractivity contribution in [3.8, 4) is 0 Å². The Hall–Kier alpha value is -1.30. The molecule has 0 aromatic carbocycles. The Morgan fingerprint density at radius 3 is 1.75 bits per heavy atom. The standard InChI is InChI=1S/C20H32/c1-3-5-7-9-11-13-15-17-19-20-18-16-14-12-10-8-6-4-2/h3,5,10-14,16,18,20H,4,6-9,15,17,19H2,1-2H3/b5-3+,12-10+,13-11+,16-14+,20-18+. The smallest absolute Gasteiger partial charge is 0.0316 e. The van der Waals surface area contributed by atoms with E-state index < -0.39 is 0 Å². The zero-order chi connectivity index (χ0) is 14.7. The van der Waals surface area contributed by atoms with E-state index in [2.05, 4.69) is 74.6 Å². The van der Waals surface area contributed by atoms with Crippen molar-refractivity contribution in [2.75, 3.05) is 0 Å². The molecule has 0 nitrogen and oxygen atoms in total. The maximum absolute atomic E-state index is 2.31. The predicted octanol–water partition coefficient (Wildman–Crippen LogP) is 6.93. The van der Waals surface area contributed by atoms with Crippen LogP contribution in [0.15, 0.2) is 60.8 Å². The summed E-state index contributed by atoms with van der Waals surface area (Å²) in [6.45, 7) is 4.30. The lowest BCUT2D eigenvalue weighted by molar-refractivity contribution is 0.815. The fraction of sp³-hybridized carbons (Fsp3) is 0.500. The van der Waals surface area contributed by atoms with Gasteiger partial charge in [0, 0.05) is 0 Å².